The van der Waals surface area contributed by atoms with Gasteiger partial charge in [-0.2, -0.15) is 0 Å². The molecular weight excluding hydrogens is 204 g/mol. The molecule has 0 radical (unpaired) electrons. The maximum absolute atomic E-state index is 11.7. The van der Waals surface area contributed by atoms with Crippen LogP contribution in [0.15, 0.2) is 12.1 Å². The average Bonchev–Trinajstić information content (AvgIpc) is 2.43. The van der Waals surface area contributed by atoms with Gasteiger partial charge in [-0.05, 0) is 31.0 Å². The Hall–Kier alpha value is -1.55. The number of benzene rings is 1. The van der Waals surface area contributed by atoms with Crippen molar-refractivity contribution >= 4 is 17.3 Å². The Balaban J connectivity index is 2.44. The summed E-state index contributed by atoms with van der Waals surface area (Å²) in [4.78, 5) is 13.3. The summed E-state index contributed by atoms with van der Waals surface area (Å²) in [5.41, 5.74) is 9.32. The van der Waals surface area contributed by atoms with Crippen LogP contribution in [0.1, 0.15) is 17.5 Å². The van der Waals surface area contributed by atoms with E-state index in [1.807, 2.05) is 26.0 Å². The molecule has 1 saturated heterocycles. The van der Waals surface area contributed by atoms with Gasteiger partial charge in [-0.1, -0.05) is 6.07 Å². The molecule has 4 heteroatoms. The Kier molecular flexibility index (Phi) is 2.59. The number of anilines is 2. The summed E-state index contributed by atoms with van der Waals surface area (Å²) >= 11 is 0. The van der Waals surface area contributed by atoms with Crippen LogP contribution in [-0.4, -0.2) is 23.7 Å². The molecule has 1 amide bonds. The van der Waals surface area contributed by atoms with Crippen molar-refractivity contribution in [2.75, 3.05) is 17.2 Å². The van der Waals surface area contributed by atoms with Crippen molar-refractivity contribution in [3.63, 3.8) is 0 Å². The van der Waals surface area contributed by atoms with Crippen molar-refractivity contribution in [1.29, 1.82) is 0 Å². The van der Waals surface area contributed by atoms with Crippen LogP contribution in [0.3, 0.4) is 0 Å². The first-order chi connectivity index (χ1) is 7.49. The number of aryl methyl sites for hydroxylation is 2. The first-order valence-corrected chi connectivity index (χ1v) is 5.34. The van der Waals surface area contributed by atoms with E-state index >= 15 is 0 Å². The van der Waals surface area contributed by atoms with Crippen LogP contribution >= 0.6 is 0 Å². The van der Waals surface area contributed by atoms with Gasteiger partial charge in [-0.15, -0.1) is 0 Å². The molecule has 1 aliphatic heterocycles. The molecule has 1 aromatic carbocycles. The van der Waals surface area contributed by atoms with Crippen LogP contribution in [0.25, 0.3) is 0 Å². The van der Waals surface area contributed by atoms with Crippen LogP contribution in [0, 0.1) is 13.8 Å². The Bertz CT molecular complexity index is 420. The SMILES string of the molecule is Cc1cc(C)c(N2CC(O)CC2=O)c(N)c1. The van der Waals surface area contributed by atoms with Crippen molar-refractivity contribution in [1.82, 2.24) is 0 Å². The van der Waals surface area contributed by atoms with E-state index in [0.717, 1.165) is 16.8 Å². The number of aliphatic hydroxyl groups excluding tert-OH is 1. The quantitative estimate of drug-likeness (QED) is 0.693. The Morgan fingerprint density at radius 1 is 1.44 bits per heavy atom. The summed E-state index contributed by atoms with van der Waals surface area (Å²) in [6.45, 7) is 4.23. The van der Waals surface area contributed by atoms with Gasteiger partial charge in [-0.3, -0.25) is 4.79 Å². The van der Waals surface area contributed by atoms with Crippen molar-refractivity contribution in [2.24, 2.45) is 0 Å². The lowest BCUT2D eigenvalue weighted by Crippen LogP contribution is -2.27. The molecule has 3 N–H and O–H groups in total. The van der Waals surface area contributed by atoms with Gasteiger partial charge in [0, 0.05) is 0 Å². The standard InChI is InChI=1S/C12H16N2O2/c1-7-3-8(2)12(10(13)4-7)14-6-9(15)5-11(14)16/h3-4,9,15H,5-6,13H2,1-2H3. The van der Waals surface area contributed by atoms with Crippen molar-refractivity contribution in [2.45, 2.75) is 26.4 Å². The van der Waals surface area contributed by atoms with E-state index in [0.29, 0.717) is 12.2 Å². The molecule has 0 bridgehead atoms. The number of nitrogens with two attached hydrogens (primary N) is 1. The molecule has 1 aromatic rings. The number of rotatable bonds is 1. The number of aliphatic hydroxyl groups is 1. The number of nitrogens with zero attached hydrogens (tertiary/aromatic N) is 1. The van der Waals surface area contributed by atoms with Gasteiger partial charge in [0.2, 0.25) is 5.91 Å². The van der Waals surface area contributed by atoms with E-state index in [2.05, 4.69) is 0 Å². The molecule has 1 aliphatic rings. The molecule has 4 nitrogen and oxygen atoms in total. The number of hydrogen-bond acceptors (Lipinski definition) is 3. The minimum absolute atomic E-state index is 0.0637. The van der Waals surface area contributed by atoms with E-state index in [-0.39, 0.29) is 12.3 Å². The molecular formula is C12H16N2O2. The molecule has 0 aromatic heterocycles. The highest BCUT2D eigenvalue weighted by Crippen LogP contribution is 2.32. The molecule has 1 unspecified atom stereocenters. The van der Waals surface area contributed by atoms with Gasteiger partial charge in [0.15, 0.2) is 0 Å². The Morgan fingerprint density at radius 2 is 2.12 bits per heavy atom. The summed E-state index contributed by atoms with van der Waals surface area (Å²) in [5.74, 6) is -0.0637. The molecule has 1 fully saturated rings. The molecule has 0 saturated carbocycles. The van der Waals surface area contributed by atoms with Crippen LogP contribution < -0.4 is 10.6 Å². The lowest BCUT2D eigenvalue weighted by molar-refractivity contribution is -0.117. The highest BCUT2D eigenvalue weighted by molar-refractivity contribution is 5.99. The molecule has 0 spiro atoms. The second-order valence-corrected chi connectivity index (χ2v) is 4.38. The zero-order chi connectivity index (χ0) is 11.9. The van der Waals surface area contributed by atoms with Crippen molar-refractivity contribution in [3.05, 3.63) is 23.3 Å². The van der Waals surface area contributed by atoms with Gasteiger partial charge < -0.3 is 15.7 Å². The molecule has 16 heavy (non-hydrogen) atoms. The Morgan fingerprint density at radius 3 is 2.62 bits per heavy atom. The van der Waals surface area contributed by atoms with Crippen molar-refractivity contribution < 1.29 is 9.90 Å². The number of β-amino-alcohol motifs (C(OH)–C–C–N with tert-alkyl or cyclic N) is 1. The lowest BCUT2D eigenvalue weighted by atomic mass is 10.1. The fourth-order valence-electron chi connectivity index (χ4n) is 2.27. The number of amides is 1. The zero-order valence-electron chi connectivity index (χ0n) is 9.53. The topological polar surface area (TPSA) is 66.6 Å². The normalized spacial score (nSPS) is 20.6. The summed E-state index contributed by atoms with van der Waals surface area (Å²) in [6, 6.07) is 3.84. The molecule has 86 valence electrons. The fourth-order valence-corrected chi connectivity index (χ4v) is 2.27. The van der Waals surface area contributed by atoms with Gasteiger partial charge >= 0.3 is 0 Å². The fraction of sp³-hybridized carbons (Fsp3) is 0.417. The predicted molar refractivity (Wildman–Crippen MR) is 63.3 cm³/mol. The summed E-state index contributed by atoms with van der Waals surface area (Å²) < 4.78 is 0. The van der Waals surface area contributed by atoms with E-state index in [1.165, 1.54) is 0 Å². The summed E-state index contributed by atoms with van der Waals surface area (Å²) in [6.07, 6.45) is -0.389. The highest BCUT2D eigenvalue weighted by atomic mass is 16.3. The van der Waals surface area contributed by atoms with Gasteiger partial charge in [0.25, 0.3) is 0 Å². The smallest absolute Gasteiger partial charge is 0.229 e. The summed E-state index contributed by atoms with van der Waals surface area (Å²) in [5, 5.41) is 9.46. The third-order valence-electron chi connectivity index (χ3n) is 2.85. The van der Waals surface area contributed by atoms with E-state index in [9.17, 15) is 9.90 Å². The molecule has 1 atom stereocenters. The number of nitrogen functional groups attached to an aromatic ring is 1. The minimum Gasteiger partial charge on any atom is -0.397 e. The van der Waals surface area contributed by atoms with Crippen LogP contribution in [0.5, 0.6) is 0 Å². The monoisotopic (exact) mass is 220 g/mol. The second kappa shape index (κ2) is 3.79. The van der Waals surface area contributed by atoms with Gasteiger partial charge in [-0.25, -0.2) is 0 Å². The maximum Gasteiger partial charge on any atom is 0.229 e. The maximum atomic E-state index is 11.7. The van der Waals surface area contributed by atoms with Crippen LogP contribution in [0.4, 0.5) is 11.4 Å². The van der Waals surface area contributed by atoms with Crippen LogP contribution in [-0.2, 0) is 4.79 Å². The second-order valence-electron chi connectivity index (χ2n) is 4.38. The number of carbonyl (C=O) groups is 1. The van der Waals surface area contributed by atoms with Gasteiger partial charge in [0.1, 0.15) is 0 Å². The van der Waals surface area contributed by atoms with Crippen LogP contribution in [0.2, 0.25) is 0 Å². The minimum atomic E-state index is -0.576. The van der Waals surface area contributed by atoms with E-state index < -0.39 is 6.10 Å². The van der Waals surface area contributed by atoms with E-state index in [4.69, 9.17) is 5.73 Å². The lowest BCUT2D eigenvalue weighted by Gasteiger charge is -2.21. The number of carbonyl (C=O) groups excluding carboxylic acids is 1. The third-order valence-corrected chi connectivity index (χ3v) is 2.85. The van der Waals surface area contributed by atoms with E-state index in [1.54, 1.807) is 4.90 Å². The first kappa shape index (κ1) is 11.0. The third kappa shape index (κ3) is 1.76. The first-order valence-electron chi connectivity index (χ1n) is 5.34. The zero-order valence-corrected chi connectivity index (χ0v) is 9.53. The number of hydrogen-bond donors (Lipinski definition) is 2. The molecule has 2 rings (SSSR count). The van der Waals surface area contributed by atoms with Crippen molar-refractivity contribution in [3.8, 4) is 0 Å². The highest BCUT2D eigenvalue weighted by Gasteiger charge is 2.31. The van der Waals surface area contributed by atoms with Gasteiger partial charge in [0.05, 0.1) is 30.4 Å². The predicted octanol–water partition coefficient (Wildman–Crippen LogP) is 0.983. The average molecular weight is 220 g/mol. The summed E-state index contributed by atoms with van der Waals surface area (Å²) in [7, 11) is 0. The molecule has 1 heterocycles. The Labute approximate surface area is 94.7 Å². The molecule has 0 aliphatic carbocycles. The largest absolute Gasteiger partial charge is 0.397 e.